The minimum atomic E-state index is 0.308. The van der Waals surface area contributed by atoms with Crippen molar-refractivity contribution in [3.05, 3.63) is 59.2 Å². The van der Waals surface area contributed by atoms with Crippen LogP contribution in [0.4, 0.5) is 0 Å². The fraction of sp³-hybridized carbons (Fsp3) is 0.294. The van der Waals surface area contributed by atoms with Crippen LogP contribution in [0.15, 0.2) is 47.4 Å². The van der Waals surface area contributed by atoms with Crippen LogP contribution in [0, 0.1) is 13.8 Å². The summed E-state index contributed by atoms with van der Waals surface area (Å²) in [4.78, 5) is 1.32. The number of benzene rings is 2. The minimum absolute atomic E-state index is 0.308. The van der Waals surface area contributed by atoms with Gasteiger partial charge < -0.3 is 4.74 Å². The zero-order valence-corrected chi connectivity index (χ0v) is 12.2. The van der Waals surface area contributed by atoms with Gasteiger partial charge in [0.2, 0.25) is 0 Å². The molecule has 0 bridgehead atoms. The molecule has 1 aliphatic rings. The van der Waals surface area contributed by atoms with Crippen LogP contribution in [0.25, 0.3) is 0 Å². The van der Waals surface area contributed by atoms with Gasteiger partial charge in [0, 0.05) is 17.1 Å². The minimum Gasteiger partial charge on any atom is -0.489 e. The van der Waals surface area contributed by atoms with Crippen molar-refractivity contribution in [3.8, 4) is 5.75 Å². The molecule has 0 amide bonds. The number of rotatable bonds is 3. The number of hydrogen-bond donors (Lipinski definition) is 0. The molecule has 0 aliphatic carbocycles. The lowest BCUT2D eigenvalue weighted by Gasteiger charge is -2.10. The van der Waals surface area contributed by atoms with Gasteiger partial charge in [0.15, 0.2) is 0 Å². The maximum absolute atomic E-state index is 5.99. The van der Waals surface area contributed by atoms with Crippen LogP contribution < -0.4 is 4.74 Å². The van der Waals surface area contributed by atoms with Crippen LogP contribution in [0.5, 0.6) is 5.75 Å². The van der Waals surface area contributed by atoms with E-state index < -0.39 is 0 Å². The summed E-state index contributed by atoms with van der Waals surface area (Å²) in [7, 11) is 0. The van der Waals surface area contributed by atoms with Gasteiger partial charge >= 0.3 is 0 Å². The molecule has 2 heteroatoms. The molecule has 1 nitrogen and oxygen atoms in total. The fourth-order valence-electron chi connectivity index (χ4n) is 2.37. The first-order valence-electron chi connectivity index (χ1n) is 6.66. The van der Waals surface area contributed by atoms with E-state index in [2.05, 4.69) is 56.3 Å². The summed E-state index contributed by atoms with van der Waals surface area (Å²) in [5.74, 6) is 2.08. The van der Waals surface area contributed by atoms with Gasteiger partial charge in [-0.3, -0.25) is 0 Å². The Bertz CT molecular complexity index is 574. The Hall–Kier alpha value is -1.41. The summed E-state index contributed by atoms with van der Waals surface area (Å²) in [5, 5.41) is 0. The molecule has 0 aromatic heterocycles. The second kappa shape index (κ2) is 5.30. The topological polar surface area (TPSA) is 9.23 Å². The van der Waals surface area contributed by atoms with Crippen molar-refractivity contribution in [1.29, 1.82) is 0 Å². The molecule has 2 aromatic rings. The molecule has 1 heterocycles. The van der Waals surface area contributed by atoms with Gasteiger partial charge in [0.1, 0.15) is 11.9 Å². The molecule has 2 aromatic carbocycles. The zero-order chi connectivity index (χ0) is 13.2. The SMILES string of the molecule is Cc1ccc(SCC2Cc3cc(C)ccc3O2)cc1. The largest absolute Gasteiger partial charge is 0.489 e. The molecular weight excluding hydrogens is 252 g/mol. The number of thioether (sulfide) groups is 1. The summed E-state index contributed by atoms with van der Waals surface area (Å²) < 4.78 is 5.99. The zero-order valence-electron chi connectivity index (χ0n) is 11.3. The molecule has 0 saturated carbocycles. The monoisotopic (exact) mass is 270 g/mol. The average molecular weight is 270 g/mol. The van der Waals surface area contributed by atoms with E-state index in [1.807, 2.05) is 11.8 Å². The summed E-state index contributed by atoms with van der Waals surface area (Å²) >= 11 is 1.88. The van der Waals surface area contributed by atoms with Gasteiger partial charge in [-0.2, -0.15) is 0 Å². The average Bonchev–Trinajstić information content (AvgIpc) is 2.80. The van der Waals surface area contributed by atoms with Crippen molar-refractivity contribution < 1.29 is 4.74 Å². The molecule has 1 aliphatic heterocycles. The lowest BCUT2D eigenvalue weighted by atomic mass is 10.1. The highest BCUT2D eigenvalue weighted by molar-refractivity contribution is 7.99. The highest BCUT2D eigenvalue weighted by atomic mass is 32.2. The van der Waals surface area contributed by atoms with Crippen molar-refractivity contribution in [2.24, 2.45) is 0 Å². The van der Waals surface area contributed by atoms with E-state index >= 15 is 0 Å². The predicted molar refractivity (Wildman–Crippen MR) is 81.2 cm³/mol. The third-order valence-corrected chi connectivity index (χ3v) is 4.56. The Morgan fingerprint density at radius 2 is 1.79 bits per heavy atom. The van der Waals surface area contributed by atoms with Crippen molar-refractivity contribution in [2.45, 2.75) is 31.3 Å². The van der Waals surface area contributed by atoms with Gasteiger partial charge in [-0.05, 0) is 37.6 Å². The number of hydrogen-bond acceptors (Lipinski definition) is 2. The van der Waals surface area contributed by atoms with Gasteiger partial charge in [-0.1, -0.05) is 35.4 Å². The standard InChI is InChI=1S/C17H18OS/c1-12-3-6-16(7-4-12)19-11-15-10-14-9-13(2)5-8-17(14)18-15/h3-9,15H,10-11H2,1-2H3. The second-order valence-corrected chi connectivity index (χ2v) is 6.27. The number of fused-ring (bicyclic) bond motifs is 1. The van der Waals surface area contributed by atoms with E-state index in [9.17, 15) is 0 Å². The van der Waals surface area contributed by atoms with Gasteiger partial charge in [-0.25, -0.2) is 0 Å². The molecule has 0 fully saturated rings. The molecule has 0 N–H and O–H groups in total. The Balaban J connectivity index is 1.60. The molecule has 0 saturated heterocycles. The van der Waals surface area contributed by atoms with Crippen LogP contribution >= 0.6 is 11.8 Å². The molecule has 0 spiro atoms. The first kappa shape index (κ1) is 12.6. The van der Waals surface area contributed by atoms with Crippen molar-refractivity contribution in [1.82, 2.24) is 0 Å². The van der Waals surface area contributed by atoms with Crippen molar-refractivity contribution >= 4 is 11.8 Å². The Kier molecular flexibility index (Phi) is 3.52. The van der Waals surface area contributed by atoms with E-state index in [4.69, 9.17) is 4.74 Å². The number of aryl methyl sites for hydroxylation is 2. The molecule has 19 heavy (non-hydrogen) atoms. The van der Waals surface area contributed by atoms with Crippen molar-refractivity contribution in [2.75, 3.05) is 5.75 Å². The van der Waals surface area contributed by atoms with Crippen LogP contribution in [0.1, 0.15) is 16.7 Å². The highest BCUT2D eigenvalue weighted by Gasteiger charge is 2.22. The molecule has 3 rings (SSSR count). The Morgan fingerprint density at radius 3 is 2.58 bits per heavy atom. The lowest BCUT2D eigenvalue weighted by molar-refractivity contribution is 0.259. The van der Waals surface area contributed by atoms with Gasteiger partial charge in [0.25, 0.3) is 0 Å². The Morgan fingerprint density at radius 1 is 1.05 bits per heavy atom. The van der Waals surface area contributed by atoms with Crippen LogP contribution in [-0.4, -0.2) is 11.9 Å². The van der Waals surface area contributed by atoms with Crippen LogP contribution in [0.3, 0.4) is 0 Å². The third-order valence-electron chi connectivity index (χ3n) is 3.41. The Labute approximate surface area is 119 Å². The first-order valence-corrected chi connectivity index (χ1v) is 7.65. The quantitative estimate of drug-likeness (QED) is 0.765. The first-order chi connectivity index (χ1) is 9.20. The van der Waals surface area contributed by atoms with Crippen LogP contribution in [-0.2, 0) is 6.42 Å². The summed E-state index contributed by atoms with van der Waals surface area (Å²) in [5.41, 5.74) is 3.98. The lowest BCUT2D eigenvalue weighted by Crippen LogP contribution is -2.15. The van der Waals surface area contributed by atoms with E-state index in [1.165, 1.54) is 21.6 Å². The van der Waals surface area contributed by atoms with Gasteiger partial charge in [0.05, 0.1) is 0 Å². The smallest absolute Gasteiger partial charge is 0.123 e. The van der Waals surface area contributed by atoms with Gasteiger partial charge in [-0.15, -0.1) is 11.8 Å². The van der Waals surface area contributed by atoms with E-state index in [-0.39, 0.29) is 0 Å². The van der Waals surface area contributed by atoms with E-state index in [0.29, 0.717) is 6.10 Å². The van der Waals surface area contributed by atoms with E-state index in [1.54, 1.807) is 0 Å². The molecular formula is C17H18OS. The highest BCUT2D eigenvalue weighted by Crippen LogP contribution is 2.32. The third kappa shape index (κ3) is 2.95. The molecule has 98 valence electrons. The van der Waals surface area contributed by atoms with Crippen LogP contribution in [0.2, 0.25) is 0 Å². The van der Waals surface area contributed by atoms with Crippen molar-refractivity contribution in [3.63, 3.8) is 0 Å². The molecule has 1 atom stereocenters. The maximum atomic E-state index is 5.99. The fourth-order valence-corrected chi connectivity index (χ4v) is 3.26. The normalized spacial score (nSPS) is 17.1. The second-order valence-electron chi connectivity index (χ2n) is 5.18. The molecule has 0 radical (unpaired) electrons. The molecule has 1 unspecified atom stereocenters. The predicted octanol–water partition coefficient (Wildman–Crippen LogP) is 4.40. The summed E-state index contributed by atoms with van der Waals surface area (Å²) in [6.45, 7) is 4.25. The van der Waals surface area contributed by atoms with E-state index in [0.717, 1.165) is 17.9 Å². The summed E-state index contributed by atoms with van der Waals surface area (Å²) in [6, 6.07) is 15.2. The summed E-state index contributed by atoms with van der Waals surface area (Å²) in [6.07, 6.45) is 1.35. The number of ether oxygens (including phenoxy) is 1. The maximum Gasteiger partial charge on any atom is 0.123 e.